The summed E-state index contributed by atoms with van der Waals surface area (Å²) in [6.07, 6.45) is 3.31. The van der Waals surface area contributed by atoms with E-state index < -0.39 is 17.9 Å². The number of rotatable bonds is 4. The SMILES string of the molecule is CCOC(=O)C1C(=O)NC(N2CCCCC2)=NC1c1ccccc1OC. The van der Waals surface area contributed by atoms with Gasteiger partial charge in [0.2, 0.25) is 11.9 Å². The highest BCUT2D eigenvalue weighted by Crippen LogP contribution is 2.36. The van der Waals surface area contributed by atoms with E-state index in [0.29, 0.717) is 17.3 Å². The summed E-state index contributed by atoms with van der Waals surface area (Å²) in [5.74, 6) is -0.841. The fraction of sp³-hybridized carbons (Fsp3) is 0.526. The van der Waals surface area contributed by atoms with E-state index in [1.807, 2.05) is 18.2 Å². The molecule has 140 valence electrons. The van der Waals surface area contributed by atoms with Crippen LogP contribution in [0.5, 0.6) is 5.75 Å². The summed E-state index contributed by atoms with van der Waals surface area (Å²) in [4.78, 5) is 32.1. The third-order valence-electron chi connectivity index (χ3n) is 4.75. The number of nitrogens with one attached hydrogen (secondary N) is 1. The number of esters is 1. The molecule has 0 aromatic heterocycles. The van der Waals surface area contributed by atoms with Crippen molar-refractivity contribution in [3.8, 4) is 5.75 Å². The third kappa shape index (κ3) is 3.66. The van der Waals surface area contributed by atoms with Crippen molar-refractivity contribution in [1.29, 1.82) is 0 Å². The third-order valence-corrected chi connectivity index (χ3v) is 4.75. The molecule has 0 bridgehead atoms. The van der Waals surface area contributed by atoms with Crippen LogP contribution >= 0.6 is 0 Å². The number of piperidine rings is 1. The Morgan fingerprint density at radius 2 is 2.00 bits per heavy atom. The lowest BCUT2D eigenvalue weighted by Gasteiger charge is -2.35. The molecular formula is C19H25N3O4. The number of benzene rings is 1. The monoisotopic (exact) mass is 359 g/mol. The number of hydrogen-bond acceptors (Lipinski definition) is 6. The number of methoxy groups -OCH3 is 1. The van der Waals surface area contributed by atoms with Crippen LogP contribution in [0.15, 0.2) is 29.3 Å². The molecule has 0 radical (unpaired) electrons. The van der Waals surface area contributed by atoms with Crippen LogP contribution in [-0.4, -0.2) is 49.5 Å². The highest BCUT2D eigenvalue weighted by atomic mass is 16.5. The number of aliphatic imine (C=N–C) groups is 1. The van der Waals surface area contributed by atoms with Gasteiger partial charge in [0.15, 0.2) is 5.92 Å². The highest BCUT2D eigenvalue weighted by molar-refractivity contribution is 6.08. The predicted octanol–water partition coefficient (Wildman–Crippen LogP) is 1.89. The first kappa shape index (κ1) is 18.2. The topological polar surface area (TPSA) is 80.2 Å². The second kappa shape index (κ2) is 8.21. The lowest BCUT2D eigenvalue weighted by molar-refractivity contribution is -0.153. The number of guanidine groups is 1. The first-order valence-electron chi connectivity index (χ1n) is 9.09. The van der Waals surface area contributed by atoms with Crippen LogP contribution in [0.2, 0.25) is 0 Å². The van der Waals surface area contributed by atoms with Crippen LogP contribution in [0.3, 0.4) is 0 Å². The molecule has 1 N–H and O–H groups in total. The van der Waals surface area contributed by atoms with Gasteiger partial charge in [-0.15, -0.1) is 0 Å². The van der Waals surface area contributed by atoms with Gasteiger partial charge in [-0.05, 0) is 32.3 Å². The molecule has 7 heteroatoms. The minimum atomic E-state index is -1.03. The number of carbonyl (C=O) groups is 2. The Kier molecular flexibility index (Phi) is 5.75. The van der Waals surface area contributed by atoms with E-state index in [1.165, 1.54) is 6.42 Å². The molecule has 2 atom stereocenters. The second-order valence-electron chi connectivity index (χ2n) is 6.41. The second-order valence-corrected chi connectivity index (χ2v) is 6.41. The van der Waals surface area contributed by atoms with E-state index >= 15 is 0 Å². The molecule has 0 aliphatic carbocycles. The van der Waals surface area contributed by atoms with Crippen LogP contribution in [0.4, 0.5) is 0 Å². The molecule has 2 heterocycles. The molecule has 1 fully saturated rings. The van der Waals surface area contributed by atoms with Crippen molar-refractivity contribution in [3.05, 3.63) is 29.8 Å². The van der Waals surface area contributed by atoms with Crippen LogP contribution in [-0.2, 0) is 14.3 Å². The van der Waals surface area contributed by atoms with Crippen molar-refractivity contribution in [2.24, 2.45) is 10.9 Å². The van der Waals surface area contributed by atoms with Gasteiger partial charge in [-0.3, -0.25) is 14.9 Å². The largest absolute Gasteiger partial charge is 0.496 e. The molecule has 1 saturated heterocycles. The van der Waals surface area contributed by atoms with Gasteiger partial charge in [0.1, 0.15) is 11.8 Å². The molecule has 7 nitrogen and oxygen atoms in total. The predicted molar refractivity (Wildman–Crippen MR) is 96.9 cm³/mol. The molecule has 0 saturated carbocycles. The van der Waals surface area contributed by atoms with E-state index in [4.69, 9.17) is 14.5 Å². The fourth-order valence-electron chi connectivity index (χ4n) is 3.46. The van der Waals surface area contributed by atoms with E-state index in [0.717, 1.165) is 25.9 Å². The molecule has 0 spiro atoms. The number of para-hydroxylation sites is 1. The number of ether oxygens (including phenoxy) is 2. The Balaban J connectivity index is 2.01. The Hall–Kier alpha value is -2.57. The minimum Gasteiger partial charge on any atom is -0.496 e. The van der Waals surface area contributed by atoms with E-state index in [9.17, 15) is 9.59 Å². The van der Waals surface area contributed by atoms with E-state index in [1.54, 1.807) is 20.1 Å². The van der Waals surface area contributed by atoms with Gasteiger partial charge >= 0.3 is 5.97 Å². The van der Waals surface area contributed by atoms with Crippen LogP contribution in [0.1, 0.15) is 37.8 Å². The Morgan fingerprint density at radius 3 is 2.69 bits per heavy atom. The zero-order valence-corrected chi connectivity index (χ0v) is 15.2. The van der Waals surface area contributed by atoms with Gasteiger partial charge in [0.05, 0.1) is 13.7 Å². The molecule has 2 aliphatic rings. The molecule has 1 amide bonds. The minimum absolute atomic E-state index is 0.212. The highest BCUT2D eigenvalue weighted by Gasteiger charge is 2.43. The Bertz CT molecular complexity index is 698. The van der Waals surface area contributed by atoms with Gasteiger partial charge in [-0.2, -0.15) is 0 Å². The standard InChI is InChI=1S/C19H25N3O4/c1-3-26-18(24)15-16(13-9-5-6-10-14(13)25-2)20-19(21-17(15)23)22-11-7-4-8-12-22/h5-6,9-10,15-16H,3-4,7-8,11-12H2,1-2H3,(H,20,21,23). The summed E-state index contributed by atoms with van der Waals surface area (Å²) in [6, 6.07) is 6.67. The zero-order valence-electron chi connectivity index (χ0n) is 15.2. The van der Waals surface area contributed by atoms with E-state index in [2.05, 4.69) is 10.2 Å². The quantitative estimate of drug-likeness (QED) is 0.656. The van der Waals surface area contributed by atoms with Crippen LogP contribution < -0.4 is 10.1 Å². The van der Waals surface area contributed by atoms with Gasteiger partial charge < -0.3 is 14.4 Å². The number of carbonyl (C=O) groups excluding carboxylic acids is 2. The molecule has 26 heavy (non-hydrogen) atoms. The molecular weight excluding hydrogens is 334 g/mol. The van der Waals surface area contributed by atoms with Crippen molar-refractivity contribution >= 4 is 17.8 Å². The summed E-state index contributed by atoms with van der Waals surface area (Å²) in [6.45, 7) is 3.63. The van der Waals surface area contributed by atoms with Gasteiger partial charge in [0.25, 0.3) is 0 Å². The van der Waals surface area contributed by atoms with Crippen molar-refractivity contribution in [3.63, 3.8) is 0 Å². The number of likely N-dealkylation sites (tertiary alicyclic amines) is 1. The summed E-state index contributed by atoms with van der Waals surface area (Å²) in [5, 5.41) is 2.81. The maximum atomic E-state index is 12.8. The lowest BCUT2D eigenvalue weighted by Crippen LogP contribution is -2.53. The van der Waals surface area contributed by atoms with Gasteiger partial charge in [-0.1, -0.05) is 18.2 Å². The molecule has 1 aromatic rings. The van der Waals surface area contributed by atoms with Crippen LogP contribution in [0, 0.1) is 5.92 Å². The average molecular weight is 359 g/mol. The normalized spacial score (nSPS) is 23.1. The fourth-order valence-corrected chi connectivity index (χ4v) is 3.46. The Morgan fingerprint density at radius 1 is 1.27 bits per heavy atom. The lowest BCUT2D eigenvalue weighted by atomic mass is 9.90. The number of amides is 1. The summed E-state index contributed by atoms with van der Waals surface area (Å²) in [7, 11) is 1.57. The zero-order chi connectivity index (χ0) is 18.5. The van der Waals surface area contributed by atoms with Gasteiger partial charge in [-0.25, -0.2) is 4.99 Å². The van der Waals surface area contributed by atoms with Crippen molar-refractivity contribution in [1.82, 2.24) is 10.2 Å². The molecule has 3 rings (SSSR count). The van der Waals surface area contributed by atoms with E-state index in [-0.39, 0.29) is 12.5 Å². The maximum absolute atomic E-state index is 12.8. The molecule has 2 aliphatic heterocycles. The molecule has 1 aromatic carbocycles. The summed E-state index contributed by atoms with van der Waals surface area (Å²) in [5.41, 5.74) is 0.706. The summed E-state index contributed by atoms with van der Waals surface area (Å²) < 4.78 is 10.6. The summed E-state index contributed by atoms with van der Waals surface area (Å²) >= 11 is 0. The van der Waals surface area contributed by atoms with Gasteiger partial charge in [0, 0.05) is 18.7 Å². The number of hydrogen-bond donors (Lipinski definition) is 1. The number of nitrogens with zero attached hydrogens (tertiary/aromatic N) is 2. The van der Waals surface area contributed by atoms with Crippen LogP contribution in [0.25, 0.3) is 0 Å². The average Bonchev–Trinajstić information content (AvgIpc) is 2.68. The van der Waals surface area contributed by atoms with Crippen molar-refractivity contribution in [2.75, 3.05) is 26.8 Å². The Labute approximate surface area is 153 Å². The molecule has 2 unspecified atom stereocenters. The first-order chi connectivity index (χ1) is 12.7. The maximum Gasteiger partial charge on any atom is 0.321 e. The first-order valence-corrected chi connectivity index (χ1v) is 9.09. The van der Waals surface area contributed by atoms with Crippen molar-refractivity contribution in [2.45, 2.75) is 32.2 Å². The van der Waals surface area contributed by atoms with Crippen molar-refractivity contribution < 1.29 is 19.1 Å². The smallest absolute Gasteiger partial charge is 0.321 e.